The highest BCUT2D eigenvalue weighted by Gasteiger charge is 2.34. The average molecular weight is 253 g/mol. The van der Waals surface area contributed by atoms with Crippen molar-refractivity contribution in [2.24, 2.45) is 29.2 Å². The van der Waals surface area contributed by atoms with Crippen molar-refractivity contribution in [1.29, 1.82) is 0 Å². The Morgan fingerprint density at radius 3 is 2.67 bits per heavy atom. The summed E-state index contributed by atoms with van der Waals surface area (Å²) in [5, 5.41) is 0. The van der Waals surface area contributed by atoms with Crippen LogP contribution in [-0.4, -0.2) is 36.3 Å². The average Bonchev–Trinajstić information content (AvgIpc) is 2.71. The van der Waals surface area contributed by atoms with Gasteiger partial charge < -0.3 is 16.4 Å². The highest BCUT2D eigenvalue weighted by Crippen LogP contribution is 2.30. The zero-order valence-corrected chi connectivity index (χ0v) is 10.8. The van der Waals surface area contributed by atoms with Crippen LogP contribution < -0.4 is 11.5 Å². The molecule has 5 nitrogen and oxygen atoms in total. The molecule has 0 spiro atoms. The van der Waals surface area contributed by atoms with E-state index in [9.17, 15) is 9.59 Å². The predicted octanol–water partition coefficient (Wildman–Crippen LogP) is 0.0853. The lowest BCUT2D eigenvalue weighted by atomic mass is 9.81. The molecule has 18 heavy (non-hydrogen) atoms. The lowest BCUT2D eigenvalue weighted by Gasteiger charge is -2.31. The van der Waals surface area contributed by atoms with E-state index in [1.165, 1.54) is 19.3 Å². The maximum absolute atomic E-state index is 11.8. The third kappa shape index (κ3) is 3.02. The molecule has 4 N–H and O–H groups in total. The smallest absolute Gasteiger partial charge is 0.223 e. The summed E-state index contributed by atoms with van der Waals surface area (Å²) in [4.78, 5) is 24.7. The van der Waals surface area contributed by atoms with Crippen LogP contribution in [0.1, 0.15) is 32.1 Å². The van der Waals surface area contributed by atoms with Crippen LogP contribution in [0.3, 0.4) is 0 Å². The number of carbonyl (C=O) groups excluding carboxylic acids is 2. The van der Waals surface area contributed by atoms with Crippen molar-refractivity contribution in [3.63, 3.8) is 0 Å². The molecule has 1 aliphatic carbocycles. The van der Waals surface area contributed by atoms with Crippen LogP contribution in [0.5, 0.6) is 0 Å². The molecule has 1 unspecified atom stereocenters. The molecule has 1 saturated carbocycles. The van der Waals surface area contributed by atoms with Crippen molar-refractivity contribution in [1.82, 2.24) is 4.90 Å². The Balaban J connectivity index is 1.86. The molecular weight excluding hydrogens is 230 g/mol. The Bertz CT molecular complexity index is 332. The number of nitrogens with two attached hydrogens (primary N) is 2. The lowest BCUT2D eigenvalue weighted by Crippen LogP contribution is -2.35. The van der Waals surface area contributed by atoms with Crippen LogP contribution >= 0.6 is 0 Å². The van der Waals surface area contributed by atoms with Crippen molar-refractivity contribution in [3.8, 4) is 0 Å². The van der Waals surface area contributed by atoms with Crippen LogP contribution in [0.2, 0.25) is 0 Å². The number of hydrogen-bond acceptors (Lipinski definition) is 3. The second-order valence-electron chi connectivity index (χ2n) is 5.74. The molecule has 1 aliphatic heterocycles. The van der Waals surface area contributed by atoms with Crippen molar-refractivity contribution in [2.45, 2.75) is 32.1 Å². The van der Waals surface area contributed by atoms with Crippen LogP contribution in [0.15, 0.2) is 0 Å². The molecule has 2 rings (SSSR count). The van der Waals surface area contributed by atoms with Gasteiger partial charge in [-0.05, 0) is 37.6 Å². The number of carbonyl (C=O) groups is 2. The maximum atomic E-state index is 11.8. The van der Waals surface area contributed by atoms with Gasteiger partial charge in [-0.15, -0.1) is 0 Å². The summed E-state index contributed by atoms with van der Waals surface area (Å²) in [7, 11) is 0. The van der Waals surface area contributed by atoms with Gasteiger partial charge in [0.15, 0.2) is 0 Å². The number of primary amides is 1. The minimum atomic E-state index is -0.352. The zero-order valence-electron chi connectivity index (χ0n) is 10.8. The van der Waals surface area contributed by atoms with Gasteiger partial charge in [0.05, 0.1) is 5.92 Å². The summed E-state index contributed by atoms with van der Waals surface area (Å²) < 4.78 is 0. The van der Waals surface area contributed by atoms with Gasteiger partial charge in [0, 0.05) is 19.5 Å². The van der Waals surface area contributed by atoms with E-state index in [-0.39, 0.29) is 17.7 Å². The molecule has 2 fully saturated rings. The van der Waals surface area contributed by atoms with E-state index < -0.39 is 0 Å². The van der Waals surface area contributed by atoms with Gasteiger partial charge >= 0.3 is 0 Å². The fraction of sp³-hybridized carbons (Fsp3) is 0.846. The van der Waals surface area contributed by atoms with Gasteiger partial charge in [-0.3, -0.25) is 9.59 Å². The van der Waals surface area contributed by atoms with Crippen molar-refractivity contribution in [3.05, 3.63) is 0 Å². The first-order valence-corrected chi connectivity index (χ1v) is 6.87. The van der Waals surface area contributed by atoms with E-state index in [4.69, 9.17) is 11.5 Å². The zero-order chi connectivity index (χ0) is 13.1. The van der Waals surface area contributed by atoms with Gasteiger partial charge in [-0.2, -0.15) is 0 Å². The van der Waals surface area contributed by atoms with Gasteiger partial charge in [-0.1, -0.05) is 6.42 Å². The molecule has 0 aromatic rings. The number of hydrogen-bond donors (Lipinski definition) is 2. The van der Waals surface area contributed by atoms with E-state index in [0.29, 0.717) is 24.8 Å². The van der Waals surface area contributed by atoms with Crippen molar-refractivity contribution < 1.29 is 9.59 Å². The van der Waals surface area contributed by atoms with Gasteiger partial charge in [0.25, 0.3) is 0 Å². The normalized spacial score (nSPS) is 32.8. The number of rotatable bonds is 4. The monoisotopic (exact) mass is 253 g/mol. The Morgan fingerprint density at radius 1 is 1.33 bits per heavy atom. The van der Waals surface area contributed by atoms with E-state index in [2.05, 4.69) is 0 Å². The molecule has 0 aromatic heterocycles. The fourth-order valence-electron chi connectivity index (χ4n) is 3.23. The molecule has 1 saturated heterocycles. The van der Waals surface area contributed by atoms with Crippen LogP contribution in [0.4, 0.5) is 0 Å². The first-order valence-electron chi connectivity index (χ1n) is 6.87. The highest BCUT2D eigenvalue weighted by molar-refractivity contribution is 5.88. The molecule has 2 amide bonds. The molecule has 102 valence electrons. The van der Waals surface area contributed by atoms with Crippen LogP contribution in [-0.2, 0) is 9.59 Å². The summed E-state index contributed by atoms with van der Waals surface area (Å²) in [5.41, 5.74) is 11.0. The standard InChI is InChI=1S/C13H23N3O2/c14-6-9-2-1-3-10(4-9)7-16-8-11(13(15)18)5-12(16)17/h9-11H,1-8,14H2,(H2,15,18)/t9-,10+,11?/m1/s1. The third-order valence-electron chi connectivity index (χ3n) is 4.32. The third-order valence-corrected chi connectivity index (χ3v) is 4.32. The first-order chi connectivity index (χ1) is 8.60. The number of nitrogens with zero attached hydrogens (tertiary/aromatic N) is 1. The van der Waals surface area contributed by atoms with Crippen molar-refractivity contribution in [2.75, 3.05) is 19.6 Å². The summed E-state index contributed by atoms with van der Waals surface area (Å²) >= 11 is 0. The van der Waals surface area contributed by atoms with E-state index in [0.717, 1.165) is 19.5 Å². The molecule has 0 radical (unpaired) electrons. The molecule has 2 aliphatic rings. The summed E-state index contributed by atoms with van der Waals surface area (Å²) in [6, 6.07) is 0. The highest BCUT2D eigenvalue weighted by atomic mass is 16.2. The number of likely N-dealkylation sites (tertiary alicyclic amines) is 1. The summed E-state index contributed by atoms with van der Waals surface area (Å²) in [6.45, 7) is 2.03. The van der Waals surface area contributed by atoms with Crippen LogP contribution in [0, 0.1) is 17.8 Å². The number of amides is 2. The Morgan fingerprint density at radius 2 is 2.06 bits per heavy atom. The molecular formula is C13H23N3O2. The van der Waals surface area contributed by atoms with Gasteiger partial charge in [0.1, 0.15) is 0 Å². The Hall–Kier alpha value is -1.10. The molecule has 0 aromatic carbocycles. The Labute approximate surface area is 108 Å². The molecule has 0 bridgehead atoms. The minimum Gasteiger partial charge on any atom is -0.369 e. The molecule has 3 atom stereocenters. The second-order valence-corrected chi connectivity index (χ2v) is 5.74. The predicted molar refractivity (Wildman–Crippen MR) is 68.4 cm³/mol. The SMILES string of the molecule is NC[C@@H]1CCC[C@H](CN2CC(C(N)=O)CC2=O)C1. The Kier molecular flexibility index (Phi) is 4.22. The van der Waals surface area contributed by atoms with Crippen LogP contribution in [0.25, 0.3) is 0 Å². The van der Waals surface area contributed by atoms with E-state index in [1.54, 1.807) is 0 Å². The van der Waals surface area contributed by atoms with Crippen molar-refractivity contribution >= 4 is 11.8 Å². The van der Waals surface area contributed by atoms with E-state index >= 15 is 0 Å². The first kappa shape index (κ1) is 13.3. The lowest BCUT2D eigenvalue weighted by molar-refractivity contribution is -0.129. The summed E-state index contributed by atoms with van der Waals surface area (Å²) in [6.07, 6.45) is 4.99. The largest absolute Gasteiger partial charge is 0.369 e. The quantitative estimate of drug-likeness (QED) is 0.744. The maximum Gasteiger partial charge on any atom is 0.223 e. The minimum absolute atomic E-state index is 0.0775. The van der Waals surface area contributed by atoms with Gasteiger partial charge in [-0.25, -0.2) is 0 Å². The second kappa shape index (κ2) is 5.69. The molecule has 5 heteroatoms. The topological polar surface area (TPSA) is 89.4 Å². The fourth-order valence-corrected chi connectivity index (χ4v) is 3.23. The van der Waals surface area contributed by atoms with E-state index in [1.807, 2.05) is 4.90 Å². The molecule has 1 heterocycles. The summed E-state index contributed by atoms with van der Waals surface area (Å²) in [5.74, 6) is 0.589. The van der Waals surface area contributed by atoms with Gasteiger partial charge in [0.2, 0.25) is 11.8 Å².